The number of hydrogen-bond acceptors (Lipinski definition) is 4. The zero-order valence-electron chi connectivity index (χ0n) is 15.9. The van der Waals surface area contributed by atoms with E-state index < -0.39 is 42.0 Å². The molecule has 2 aromatic carbocycles. The Hall–Kier alpha value is -3.53. The monoisotopic (exact) mass is 435 g/mol. The highest BCUT2D eigenvalue weighted by molar-refractivity contribution is 6.39. The van der Waals surface area contributed by atoms with Gasteiger partial charge in [0.15, 0.2) is 0 Å². The van der Waals surface area contributed by atoms with Gasteiger partial charge in [-0.2, -0.15) is 13.2 Å². The van der Waals surface area contributed by atoms with Gasteiger partial charge in [-0.25, -0.2) is 4.39 Å². The van der Waals surface area contributed by atoms with Gasteiger partial charge in [-0.05, 0) is 36.2 Å². The van der Waals surface area contributed by atoms with Crippen LogP contribution in [0, 0.1) is 5.82 Å². The van der Waals surface area contributed by atoms with Crippen molar-refractivity contribution < 1.29 is 32.3 Å². The lowest BCUT2D eigenvalue weighted by molar-refractivity contribution is -0.137. The first kappa shape index (κ1) is 22.2. The molecular formula is C21H17F4N3O3. The van der Waals surface area contributed by atoms with Crippen LogP contribution in [0.5, 0.6) is 0 Å². The maximum absolute atomic E-state index is 13.7. The van der Waals surface area contributed by atoms with Crippen molar-refractivity contribution in [2.45, 2.75) is 18.6 Å². The van der Waals surface area contributed by atoms with Gasteiger partial charge < -0.3 is 15.7 Å². The molecule has 0 aliphatic heterocycles. The number of amides is 2. The Labute approximate surface area is 173 Å². The van der Waals surface area contributed by atoms with Crippen LogP contribution in [0.25, 0.3) is 10.9 Å². The standard InChI is InChI=1S/C21H17F4N3O3/c22-16-6-2-4-13-10-15(11-26-18(13)16)27-19(30)20(31)28-17(7-8-29)12-3-1-5-14(9-12)21(23,24)25/h1-6,9-11,17,29H,7-8H2,(H,27,30)(H,28,31). The number of alkyl halides is 3. The Balaban J connectivity index is 1.74. The second kappa shape index (κ2) is 9.09. The highest BCUT2D eigenvalue weighted by Crippen LogP contribution is 2.31. The fraction of sp³-hybridized carbons (Fsp3) is 0.190. The molecule has 0 radical (unpaired) electrons. The predicted molar refractivity (Wildman–Crippen MR) is 104 cm³/mol. The minimum absolute atomic E-state index is 0.0906. The summed E-state index contributed by atoms with van der Waals surface area (Å²) in [5.74, 6) is -2.75. The van der Waals surface area contributed by atoms with Crippen LogP contribution in [0.3, 0.4) is 0 Å². The number of aliphatic hydroxyl groups is 1. The zero-order chi connectivity index (χ0) is 22.6. The van der Waals surface area contributed by atoms with E-state index in [9.17, 15) is 32.3 Å². The number of nitrogens with zero attached hydrogens (tertiary/aromatic N) is 1. The van der Waals surface area contributed by atoms with Crippen LogP contribution in [0.2, 0.25) is 0 Å². The first-order valence-electron chi connectivity index (χ1n) is 9.13. The predicted octanol–water partition coefficient (Wildman–Crippen LogP) is 3.57. The van der Waals surface area contributed by atoms with Crippen LogP contribution in [-0.2, 0) is 15.8 Å². The molecule has 1 heterocycles. The fourth-order valence-electron chi connectivity index (χ4n) is 2.99. The summed E-state index contributed by atoms with van der Waals surface area (Å²) in [5, 5.41) is 14.3. The summed E-state index contributed by atoms with van der Waals surface area (Å²) in [6.45, 7) is -0.428. The van der Waals surface area contributed by atoms with Crippen LogP contribution in [0.1, 0.15) is 23.6 Å². The molecule has 3 rings (SSSR count). The van der Waals surface area contributed by atoms with E-state index in [2.05, 4.69) is 15.6 Å². The normalized spacial score (nSPS) is 12.4. The minimum atomic E-state index is -4.58. The fourth-order valence-corrected chi connectivity index (χ4v) is 2.99. The molecule has 0 saturated carbocycles. The highest BCUT2D eigenvalue weighted by Gasteiger charge is 2.31. The van der Waals surface area contributed by atoms with E-state index in [4.69, 9.17) is 0 Å². The van der Waals surface area contributed by atoms with E-state index in [-0.39, 0.29) is 23.2 Å². The SMILES string of the molecule is O=C(Nc1cnc2c(F)cccc2c1)C(=O)NC(CCO)c1cccc(C(F)(F)F)c1. The summed E-state index contributed by atoms with van der Waals surface area (Å²) >= 11 is 0. The molecule has 2 amide bonds. The number of hydrogen-bond donors (Lipinski definition) is 3. The van der Waals surface area contributed by atoms with Gasteiger partial charge in [0.2, 0.25) is 0 Å². The summed E-state index contributed by atoms with van der Waals surface area (Å²) in [5.41, 5.74) is -0.595. The third-order valence-corrected chi connectivity index (χ3v) is 4.47. The molecule has 0 saturated heterocycles. The van der Waals surface area contributed by atoms with Crippen molar-refractivity contribution in [3.05, 3.63) is 71.7 Å². The van der Waals surface area contributed by atoms with Gasteiger partial charge in [0.25, 0.3) is 0 Å². The number of benzene rings is 2. The van der Waals surface area contributed by atoms with Crippen LogP contribution >= 0.6 is 0 Å². The molecule has 1 aromatic heterocycles. The smallest absolute Gasteiger partial charge is 0.396 e. The number of anilines is 1. The van der Waals surface area contributed by atoms with Crippen LogP contribution in [0.4, 0.5) is 23.2 Å². The van der Waals surface area contributed by atoms with E-state index in [0.29, 0.717) is 5.39 Å². The van der Waals surface area contributed by atoms with E-state index in [1.165, 1.54) is 36.5 Å². The average Bonchev–Trinajstić information content (AvgIpc) is 2.73. The second-order valence-corrected chi connectivity index (χ2v) is 6.65. The molecule has 0 aliphatic carbocycles. The minimum Gasteiger partial charge on any atom is -0.396 e. The van der Waals surface area contributed by atoms with Gasteiger partial charge in [0, 0.05) is 12.0 Å². The summed E-state index contributed by atoms with van der Waals surface area (Å²) in [6, 6.07) is 8.94. The molecule has 162 valence electrons. The van der Waals surface area contributed by atoms with Crippen molar-refractivity contribution in [1.82, 2.24) is 10.3 Å². The van der Waals surface area contributed by atoms with Gasteiger partial charge >= 0.3 is 18.0 Å². The second-order valence-electron chi connectivity index (χ2n) is 6.65. The molecule has 3 N–H and O–H groups in total. The molecular weight excluding hydrogens is 418 g/mol. The van der Waals surface area contributed by atoms with Crippen molar-refractivity contribution in [1.29, 1.82) is 0 Å². The van der Waals surface area contributed by atoms with Gasteiger partial charge in [0.05, 0.1) is 23.5 Å². The first-order valence-corrected chi connectivity index (χ1v) is 9.13. The summed E-state index contributed by atoms with van der Waals surface area (Å²) < 4.78 is 52.6. The maximum Gasteiger partial charge on any atom is 0.416 e. The van der Waals surface area contributed by atoms with E-state index in [0.717, 1.165) is 12.1 Å². The molecule has 0 aliphatic rings. The molecule has 1 unspecified atom stereocenters. The van der Waals surface area contributed by atoms with Gasteiger partial charge in [-0.1, -0.05) is 24.3 Å². The van der Waals surface area contributed by atoms with Crippen LogP contribution in [0.15, 0.2) is 54.7 Å². The van der Waals surface area contributed by atoms with E-state index >= 15 is 0 Å². The first-order chi connectivity index (χ1) is 14.7. The number of fused-ring (bicyclic) bond motifs is 1. The quantitative estimate of drug-likeness (QED) is 0.422. The number of carbonyl (C=O) groups is 2. The molecule has 0 bridgehead atoms. The third-order valence-electron chi connectivity index (χ3n) is 4.47. The Morgan fingerprint density at radius 3 is 2.52 bits per heavy atom. The molecule has 10 heteroatoms. The van der Waals surface area contributed by atoms with Crippen LogP contribution in [-0.4, -0.2) is 28.5 Å². The largest absolute Gasteiger partial charge is 0.416 e. The highest BCUT2D eigenvalue weighted by atomic mass is 19.4. The third kappa shape index (κ3) is 5.34. The average molecular weight is 435 g/mol. The van der Waals surface area contributed by atoms with Crippen molar-refractivity contribution in [3.8, 4) is 0 Å². The van der Waals surface area contributed by atoms with Gasteiger partial charge in [-0.15, -0.1) is 0 Å². The lowest BCUT2D eigenvalue weighted by Crippen LogP contribution is -2.38. The summed E-state index contributed by atoms with van der Waals surface area (Å²) in [7, 11) is 0. The van der Waals surface area contributed by atoms with Crippen molar-refractivity contribution in [2.24, 2.45) is 0 Å². The Kier molecular flexibility index (Phi) is 6.50. The Bertz CT molecular complexity index is 1120. The molecule has 1 atom stereocenters. The number of pyridine rings is 1. The van der Waals surface area contributed by atoms with Crippen molar-refractivity contribution in [2.75, 3.05) is 11.9 Å². The number of aromatic nitrogens is 1. The van der Waals surface area contributed by atoms with E-state index in [1.54, 1.807) is 6.07 Å². The number of rotatable bonds is 5. The molecule has 0 fully saturated rings. The molecule has 3 aromatic rings. The van der Waals surface area contributed by atoms with E-state index in [1.807, 2.05) is 0 Å². The molecule has 31 heavy (non-hydrogen) atoms. The van der Waals surface area contributed by atoms with Gasteiger partial charge in [-0.3, -0.25) is 14.6 Å². The number of aliphatic hydroxyl groups excluding tert-OH is 1. The zero-order valence-corrected chi connectivity index (χ0v) is 15.9. The number of carbonyl (C=O) groups excluding carboxylic acids is 2. The van der Waals surface area contributed by atoms with Crippen molar-refractivity contribution in [3.63, 3.8) is 0 Å². The maximum atomic E-state index is 13.7. The molecule has 0 spiro atoms. The number of nitrogens with one attached hydrogen (secondary N) is 2. The van der Waals surface area contributed by atoms with Crippen LogP contribution < -0.4 is 10.6 Å². The molecule has 6 nitrogen and oxygen atoms in total. The summed E-state index contributed by atoms with van der Waals surface area (Å²) in [6.07, 6.45) is -3.50. The lowest BCUT2D eigenvalue weighted by Gasteiger charge is -2.19. The number of para-hydroxylation sites is 1. The Morgan fingerprint density at radius 2 is 1.81 bits per heavy atom. The lowest BCUT2D eigenvalue weighted by atomic mass is 10.0. The Morgan fingerprint density at radius 1 is 1.06 bits per heavy atom. The number of halogens is 4. The summed E-state index contributed by atoms with van der Waals surface area (Å²) in [4.78, 5) is 28.4. The van der Waals surface area contributed by atoms with Gasteiger partial charge in [0.1, 0.15) is 11.3 Å². The topological polar surface area (TPSA) is 91.3 Å². The van der Waals surface area contributed by atoms with Crippen molar-refractivity contribution >= 4 is 28.4 Å².